The lowest BCUT2D eigenvalue weighted by Crippen LogP contribution is -2.11. The van der Waals surface area contributed by atoms with Gasteiger partial charge in [-0.1, -0.05) is 12.1 Å². The van der Waals surface area contributed by atoms with Gasteiger partial charge in [0, 0.05) is 5.75 Å². The van der Waals surface area contributed by atoms with Crippen molar-refractivity contribution in [1.29, 1.82) is 0 Å². The summed E-state index contributed by atoms with van der Waals surface area (Å²) in [5.74, 6) is 1.92. The second kappa shape index (κ2) is 5.14. The average molecular weight is 236 g/mol. The van der Waals surface area contributed by atoms with Crippen molar-refractivity contribution >= 4 is 22.7 Å². The van der Waals surface area contributed by atoms with Crippen molar-refractivity contribution in [3.63, 3.8) is 0 Å². The molecule has 0 radical (unpaired) electrons. The Bertz CT molecular complexity index is 539. The van der Waals surface area contributed by atoms with Crippen molar-refractivity contribution in [2.45, 2.75) is 5.75 Å². The van der Waals surface area contributed by atoms with Crippen molar-refractivity contribution < 1.29 is 5.11 Å². The van der Waals surface area contributed by atoms with Gasteiger partial charge in [0.15, 0.2) is 0 Å². The third-order valence-corrected chi connectivity index (χ3v) is 3.09. The highest BCUT2D eigenvalue weighted by atomic mass is 32.2. The van der Waals surface area contributed by atoms with Gasteiger partial charge in [-0.05, 0) is 12.1 Å². The predicted molar refractivity (Wildman–Crippen MR) is 65.6 cm³/mol. The summed E-state index contributed by atoms with van der Waals surface area (Å²) >= 11 is 1.54. The maximum Gasteiger partial charge on any atom is 0.258 e. The van der Waals surface area contributed by atoms with E-state index in [1.807, 2.05) is 18.2 Å². The molecule has 1 aromatic carbocycles. The Labute approximate surface area is 96.7 Å². The van der Waals surface area contributed by atoms with E-state index in [9.17, 15) is 4.79 Å². The second-order valence-electron chi connectivity index (χ2n) is 3.31. The van der Waals surface area contributed by atoms with Crippen LogP contribution in [-0.4, -0.2) is 27.4 Å². The fraction of sp³-hybridized carbons (Fsp3) is 0.273. The number of aromatic nitrogens is 2. The Hall–Kier alpha value is -1.33. The summed E-state index contributed by atoms with van der Waals surface area (Å²) in [6.07, 6.45) is 0. The van der Waals surface area contributed by atoms with Crippen molar-refractivity contribution in [3.05, 3.63) is 40.4 Å². The molecule has 0 saturated heterocycles. The molecule has 0 aliphatic heterocycles. The zero-order valence-corrected chi connectivity index (χ0v) is 9.46. The van der Waals surface area contributed by atoms with E-state index >= 15 is 0 Å². The number of para-hydroxylation sites is 1. The van der Waals surface area contributed by atoms with Gasteiger partial charge in [0.1, 0.15) is 5.82 Å². The van der Waals surface area contributed by atoms with E-state index in [0.29, 0.717) is 28.2 Å². The molecule has 0 fully saturated rings. The van der Waals surface area contributed by atoms with Gasteiger partial charge < -0.3 is 10.1 Å². The number of H-pyrrole nitrogens is 1. The van der Waals surface area contributed by atoms with Crippen LogP contribution in [0.5, 0.6) is 0 Å². The van der Waals surface area contributed by atoms with Crippen LogP contribution < -0.4 is 5.56 Å². The maximum atomic E-state index is 11.7. The molecule has 4 nitrogen and oxygen atoms in total. The maximum absolute atomic E-state index is 11.7. The number of nitrogens with one attached hydrogen (secondary N) is 1. The fourth-order valence-corrected chi connectivity index (χ4v) is 2.04. The molecule has 0 atom stereocenters. The summed E-state index contributed by atoms with van der Waals surface area (Å²) in [7, 11) is 0. The summed E-state index contributed by atoms with van der Waals surface area (Å²) in [6, 6.07) is 7.26. The number of aliphatic hydroxyl groups excluding tert-OH is 1. The zero-order valence-electron chi connectivity index (χ0n) is 8.64. The first-order chi connectivity index (χ1) is 7.81. The lowest BCUT2D eigenvalue weighted by atomic mass is 10.2. The molecule has 2 N–H and O–H groups in total. The van der Waals surface area contributed by atoms with Crippen molar-refractivity contribution in [2.75, 3.05) is 12.4 Å². The number of rotatable bonds is 4. The predicted octanol–water partition coefficient (Wildman–Crippen LogP) is 1.15. The van der Waals surface area contributed by atoms with E-state index in [2.05, 4.69) is 9.97 Å². The third-order valence-electron chi connectivity index (χ3n) is 2.14. The van der Waals surface area contributed by atoms with E-state index in [1.165, 1.54) is 0 Å². The summed E-state index contributed by atoms with van der Waals surface area (Å²) in [5, 5.41) is 9.27. The molecular formula is C11H12N2O2S. The number of fused-ring (bicyclic) bond motifs is 1. The first kappa shape index (κ1) is 11.2. The van der Waals surface area contributed by atoms with Crippen molar-refractivity contribution in [1.82, 2.24) is 9.97 Å². The molecule has 5 heteroatoms. The second-order valence-corrected chi connectivity index (χ2v) is 4.41. The number of hydrogen-bond acceptors (Lipinski definition) is 4. The first-order valence-corrected chi connectivity index (χ1v) is 6.13. The molecule has 0 aliphatic rings. The summed E-state index contributed by atoms with van der Waals surface area (Å²) in [5.41, 5.74) is 0.607. The van der Waals surface area contributed by atoms with Gasteiger partial charge in [-0.25, -0.2) is 4.98 Å². The minimum Gasteiger partial charge on any atom is -0.396 e. The summed E-state index contributed by atoms with van der Waals surface area (Å²) in [4.78, 5) is 18.8. The molecule has 0 spiro atoms. The SMILES string of the molecule is O=c1[nH]c(CSCCO)nc2ccccc12. The van der Waals surface area contributed by atoms with Gasteiger partial charge in [-0.15, -0.1) is 0 Å². The highest BCUT2D eigenvalue weighted by molar-refractivity contribution is 7.98. The Morgan fingerprint density at radius 2 is 2.19 bits per heavy atom. The molecule has 84 valence electrons. The summed E-state index contributed by atoms with van der Waals surface area (Å²) in [6.45, 7) is 0.141. The lowest BCUT2D eigenvalue weighted by Gasteiger charge is -2.01. The monoisotopic (exact) mass is 236 g/mol. The van der Waals surface area contributed by atoms with E-state index in [-0.39, 0.29) is 12.2 Å². The van der Waals surface area contributed by atoms with Crippen molar-refractivity contribution in [3.8, 4) is 0 Å². The molecule has 0 saturated carbocycles. The van der Waals surface area contributed by atoms with Gasteiger partial charge >= 0.3 is 0 Å². The Balaban J connectivity index is 2.31. The van der Waals surface area contributed by atoms with Crippen LogP contribution in [0.2, 0.25) is 0 Å². The largest absolute Gasteiger partial charge is 0.396 e. The van der Waals surface area contributed by atoms with Crippen LogP contribution >= 0.6 is 11.8 Å². The number of aliphatic hydroxyl groups is 1. The third kappa shape index (κ3) is 2.43. The number of nitrogens with zero attached hydrogens (tertiary/aromatic N) is 1. The molecule has 1 heterocycles. The van der Waals surface area contributed by atoms with Gasteiger partial charge in [0.05, 0.1) is 23.3 Å². The molecule has 1 aromatic heterocycles. The number of hydrogen-bond donors (Lipinski definition) is 2. The molecule has 2 aromatic rings. The van der Waals surface area contributed by atoms with Crippen LogP contribution in [0.4, 0.5) is 0 Å². The zero-order chi connectivity index (χ0) is 11.4. The number of thioether (sulfide) groups is 1. The van der Waals surface area contributed by atoms with Gasteiger partial charge in [0.25, 0.3) is 5.56 Å². The van der Waals surface area contributed by atoms with E-state index in [4.69, 9.17) is 5.11 Å². The van der Waals surface area contributed by atoms with Crippen LogP contribution in [0.15, 0.2) is 29.1 Å². The Kier molecular flexibility index (Phi) is 3.58. The first-order valence-electron chi connectivity index (χ1n) is 4.98. The fourth-order valence-electron chi connectivity index (χ4n) is 1.44. The average Bonchev–Trinajstić information content (AvgIpc) is 2.30. The van der Waals surface area contributed by atoms with Gasteiger partial charge in [-0.3, -0.25) is 4.79 Å². The molecule has 0 unspecified atom stereocenters. The van der Waals surface area contributed by atoms with E-state index in [0.717, 1.165) is 0 Å². The van der Waals surface area contributed by atoms with Crippen LogP contribution in [0.1, 0.15) is 5.82 Å². The molecule has 0 bridgehead atoms. The number of aromatic amines is 1. The smallest absolute Gasteiger partial charge is 0.258 e. The van der Waals surface area contributed by atoms with Crippen LogP contribution in [0, 0.1) is 0 Å². The van der Waals surface area contributed by atoms with Crippen LogP contribution in [0.25, 0.3) is 10.9 Å². The van der Waals surface area contributed by atoms with Crippen LogP contribution in [0.3, 0.4) is 0 Å². The normalized spacial score (nSPS) is 10.8. The lowest BCUT2D eigenvalue weighted by molar-refractivity contribution is 0.322. The van der Waals surface area contributed by atoms with Gasteiger partial charge in [0.2, 0.25) is 0 Å². The molecule has 2 rings (SSSR count). The standard InChI is InChI=1S/C11H12N2O2S/c14-5-6-16-7-10-12-9-4-2-1-3-8(9)11(15)13-10/h1-4,14H,5-7H2,(H,12,13,15). The van der Waals surface area contributed by atoms with Gasteiger partial charge in [-0.2, -0.15) is 11.8 Å². The quantitative estimate of drug-likeness (QED) is 0.781. The van der Waals surface area contributed by atoms with E-state index in [1.54, 1.807) is 17.8 Å². The highest BCUT2D eigenvalue weighted by Gasteiger charge is 2.02. The topological polar surface area (TPSA) is 66.0 Å². The molecule has 16 heavy (non-hydrogen) atoms. The highest BCUT2D eigenvalue weighted by Crippen LogP contribution is 2.10. The Morgan fingerprint density at radius 1 is 1.38 bits per heavy atom. The van der Waals surface area contributed by atoms with Crippen LogP contribution in [-0.2, 0) is 5.75 Å². The molecular weight excluding hydrogens is 224 g/mol. The summed E-state index contributed by atoms with van der Waals surface area (Å²) < 4.78 is 0. The van der Waals surface area contributed by atoms with Crippen molar-refractivity contribution in [2.24, 2.45) is 0 Å². The van der Waals surface area contributed by atoms with E-state index < -0.39 is 0 Å². The molecule has 0 amide bonds. The Morgan fingerprint density at radius 3 is 3.00 bits per heavy atom. The molecule has 0 aliphatic carbocycles. The minimum atomic E-state index is -0.106. The number of benzene rings is 1. The minimum absolute atomic E-state index is 0.106.